The number of carbonyl (C=O) groups excluding carboxylic acids is 2. The Hall–Kier alpha value is -2.88. The number of phenols is 1. The minimum Gasteiger partial charge on any atom is -0.508 e. The number of ketones is 1. The zero-order valence-corrected chi connectivity index (χ0v) is 12.2. The van der Waals surface area contributed by atoms with Gasteiger partial charge in [-0.1, -0.05) is 42.5 Å². The zero-order chi connectivity index (χ0) is 15.9. The van der Waals surface area contributed by atoms with Gasteiger partial charge in [-0.15, -0.1) is 0 Å². The van der Waals surface area contributed by atoms with Crippen LogP contribution >= 0.6 is 0 Å². The molecule has 4 nitrogen and oxygen atoms in total. The first-order valence-electron chi connectivity index (χ1n) is 6.89. The highest BCUT2D eigenvalue weighted by atomic mass is 16.5. The maximum atomic E-state index is 12.5. The van der Waals surface area contributed by atoms with E-state index in [1.54, 1.807) is 49.4 Å². The molecule has 0 aromatic heterocycles. The third-order valence-electron chi connectivity index (χ3n) is 2.98. The molecular weight excluding hydrogens is 280 g/mol. The van der Waals surface area contributed by atoms with E-state index in [0.717, 1.165) is 0 Å². The van der Waals surface area contributed by atoms with Gasteiger partial charge in [-0.25, -0.2) is 4.79 Å². The van der Waals surface area contributed by atoms with Gasteiger partial charge in [0.05, 0.1) is 6.61 Å². The predicted octanol–water partition coefficient (Wildman–Crippen LogP) is 3.22. The SMILES string of the molecule is CCOC(=O)C(=Cc1ccc(O)cc1)C(=O)c1ccccc1. The van der Waals surface area contributed by atoms with Crippen LogP contribution in [0.5, 0.6) is 5.75 Å². The summed E-state index contributed by atoms with van der Waals surface area (Å²) >= 11 is 0. The highest BCUT2D eigenvalue weighted by molar-refractivity contribution is 6.26. The van der Waals surface area contributed by atoms with Crippen LogP contribution in [0.1, 0.15) is 22.8 Å². The third kappa shape index (κ3) is 3.82. The van der Waals surface area contributed by atoms with Crippen LogP contribution in [0, 0.1) is 0 Å². The molecule has 112 valence electrons. The Bertz CT molecular complexity index is 685. The maximum absolute atomic E-state index is 12.5. The van der Waals surface area contributed by atoms with Crippen molar-refractivity contribution in [3.63, 3.8) is 0 Å². The molecule has 0 aliphatic carbocycles. The number of carbonyl (C=O) groups is 2. The van der Waals surface area contributed by atoms with Crippen molar-refractivity contribution < 1.29 is 19.4 Å². The fraction of sp³-hybridized carbons (Fsp3) is 0.111. The number of hydrogen-bond acceptors (Lipinski definition) is 4. The second kappa shape index (κ2) is 7.22. The van der Waals surface area contributed by atoms with Crippen LogP contribution in [0.25, 0.3) is 6.08 Å². The first-order chi connectivity index (χ1) is 10.6. The average molecular weight is 296 g/mol. The molecule has 0 aliphatic heterocycles. The molecule has 4 heteroatoms. The van der Waals surface area contributed by atoms with Crippen molar-refractivity contribution in [2.45, 2.75) is 6.92 Å². The van der Waals surface area contributed by atoms with Crippen molar-refractivity contribution in [1.29, 1.82) is 0 Å². The molecule has 0 spiro atoms. The topological polar surface area (TPSA) is 63.6 Å². The molecule has 0 heterocycles. The number of Topliss-reactive ketones (excluding diaryl/α,β-unsaturated/α-hetero) is 1. The Labute approximate surface area is 128 Å². The van der Waals surface area contributed by atoms with Gasteiger partial charge >= 0.3 is 5.97 Å². The molecule has 0 bridgehead atoms. The van der Waals surface area contributed by atoms with E-state index in [1.807, 2.05) is 0 Å². The van der Waals surface area contributed by atoms with Gasteiger partial charge in [0, 0.05) is 5.56 Å². The monoisotopic (exact) mass is 296 g/mol. The summed E-state index contributed by atoms with van der Waals surface area (Å²) in [5, 5.41) is 9.29. The summed E-state index contributed by atoms with van der Waals surface area (Å²) in [5.41, 5.74) is 1.00. The summed E-state index contributed by atoms with van der Waals surface area (Å²) in [7, 11) is 0. The summed E-state index contributed by atoms with van der Waals surface area (Å²) in [4.78, 5) is 24.6. The van der Waals surface area contributed by atoms with Crippen LogP contribution in [0.4, 0.5) is 0 Å². The molecule has 0 saturated heterocycles. The molecule has 0 unspecified atom stereocenters. The second-order valence-electron chi connectivity index (χ2n) is 4.57. The lowest BCUT2D eigenvalue weighted by Gasteiger charge is -2.07. The van der Waals surface area contributed by atoms with Crippen molar-refractivity contribution >= 4 is 17.8 Å². The summed E-state index contributed by atoms with van der Waals surface area (Å²) < 4.78 is 4.97. The molecule has 2 aromatic carbocycles. The van der Waals surface area contributed by atoms with Gasteiger partial charge in [0.15, 0.2) is 5.78 Å². The number of ether oxygens (including phenoxy) is 1. The Morgan fingerprint density at radius 3 is 2.27 bits per heavy atom. The molecule has 2 rings (SSSR count). The minimum absolute atomic E-state index is 0.0428. The van der Waals surface area contributed by atoms with E-state index >= 15 is 0 Å². The van der Waals surface area contributed by atoms with Crippen molar-refractivity contribution in [2.24, 2.45) is 0 Å². The Kier molecular flexibility index (Phi) is 5.09. The minimum atomic E-state index is -0.663. The Balaban J connectivity index is 2.40. The molecule has 2 aromatic rings. The van der Waals surface area contributed by atoms with Gasteiger partial charge < -0.3 is 9.84 Å². The smallest absolute Gasteiger partial charge is 0.342 e. The normalized spacial score (nSPS) is 11.0. The van der Waals surface area contributed by atoms with Gasteiger partial charge in [0.1, 0.15) is 11.3 Å². The van der Waals surface area contributed by atoms with Crippen molar-refractivity contribution in [3.8, 4) is 5.75 Å². The quantitative estimate of drug-likeness (QED) is 0.302. The van der Waals surface area contributed by atoms with E-state index in [-0.39, 0.29) is 17.9 Å². The van der Waals surface area contributed by atoms with Crippen molar-refractivity contribution in [2.75, 3.05) is 6.61 Å². The van der Waals surface area contributed by atoms with Crippen LogP contribution in [0.2, 0.25) is 0 Å². The average Bonchev–Trinajstić information content (AvgIpc) is 2.54. The predicted molar refractivity (Wildman–Crippen MR) is 83.5 cm³/mol. The lowest BCUT2D eigenvalue weighted by atomic mass is 10.0. The fourth-order valence-corrected chi connectivity index (χ4v) is 1.91. The van der Waals surface area contributed by atoms with E-state index in [4.69, 9.17) is 4.74 Å². The van der Waals surface area contributed by atoms with Gasteiger partial charge in [0.25, 0.3) is 0 Å². The van der Waals surface area contributed by atoms with Gasteiger partial charge in [-0.2, -0.15) is 0 Å². The Morgan fingerprint density at radius 2 is 1.68 bits per heavy atom. The first-order valence-corrected chi connectivity index (χ1v) is 6.89. The van der Waals surface area contributed by atoms with Crippen LogP contribution in [0.15, 0.2) is 60.2 Å². The van der Waals surface area contributed by atoms with E-state index in [1.165, 1.54) is 18.2 Å². The third-order valence-corrected chi connectivity index (χ3v) is 2.98. The lowest BCUT2D eigenvalue weighted by Crippen LogP contribution is -2.16. The van der Waals surface area contributed by atoms with Crippen LogP contribution in [0.3, 0.4) is 0 Å². The molecule has 22 heavy (non-hydrogen) atoms. The largest absolute Gasteiger partial charge is 0.508 e. The molecule has 0 atom stereocenters. The van der Waals surface area contributed by atoms with Gasteiger partial charge in [-0.05, 0) is 30.7 Å². The van der Waals surface area contributed by atoms with Crippen LogP contribution in [-0.2, 0) is 9.53 Å². The van der Waals surface area contributed by atoms with E-state index in [2.05, 4.69) is 0 Å². The molecule has 0 radical (unpaired) electrons. The zero-order valence-electron chi connectivity index (χ0n) is 12.2. The number of aromatic hydroxyl groups is 1. The molecule has 0 amide bonds. The number of esters is 1. The van der Waals surface area contributed by atoms with Gasteiger partial charge in [-0.3, -0.25) is 4.79 Å². The lowest BCUT2D eigenvalue weighted by molar-refractivity contribution is -0.137. The number of rotatable bonds is 5. The fourth-order valence-electron chi connectivity index (χ4n) is 1.91. The van der Waals surface area contributed by atoms with E-state index < -0.39 is 11.8 Å². The molecule has 0 aliphatic rings. The van der Waals surface area contributed by atoms with E-state index in [0.29, 0.717) is 11.1 Å². The number of hydrogen-bond donors (Lipinski definition) is 1. The summed E-state index contributed by atoms with van der Waals surface area (Å²) in [5.74, 6) is -0.944. The van der Waals surface area contributed by atoms with Crippen LogP contribution < -0.4 is 0 Å². The van der Waals surface area contributed by atoms with Crippen LogP contribution in [-0.4, -0.2) is 23.5 Å². The highest BCUT2D eigenvalue weighted by Gasteiger charge is 2.20. The van der Waals surface area contributed by atoms with Crippen molar-refractivity contribution in [1.82, 2.24) is 0 Å². The summed E-state index contributed by atoms with van der Waals surface area (Å²) in [6.45, 7) is 1.87. The highest BCUT2D eigenvalue weighted by Crippen LogP contribution is 2.17. The van der Waals surface area contributed by atoms with E-state index in [9.17, 15) is 14.7 Å². The summed E-state index contributed by atoms with van der Waals surface area (Å²) in [6, 6.07) is 14.8. The standard InChI is InChI=1S/C18H16O4/c1-2-22-18(21)16(12-13-8-10-15(19)11-9-13)17(20)14-6-4-3-5-7-14/h3-12,19H,2H2,1H3. The second-order valence-corrected chi connectivity index (χ2v) is 4.57. The molecule has 0 fully saturated rings. The first kappa shape index (κ1) is 15.5. The van der Waals surface area contributed by atoms with Gasteiger partial charge in [0.2, 0.25) is 0 Å². The molecular formula is C18H16O4. The maximum Gasteiger partial charge on any atom is 0.342 e. The summed E-state index contributed by atoms with van der Waals surface area (Å²) in [6.07, 6.45) is 1.47. The molecule has 1 N–H and O–H groups in total. The number of benzene rings is 2. The number of phenolic OH excluding ortho intramolecular Hbond substituents is 1. The molecule has 0 saturated carbocycles. The van der Waals surface area contributed by atoms with Crippen molar-refractivity contribution in [3.05, 3.63) is 71.3 Å². The Morgan fingerprint density at radius 1 is 1.05 bits per heavy atom.